The van der Waals surface area contributed by atoms with E-state index in [0.29, 0.717) is 11.4 Å². The summed E-state index contributed by atoms with van der Waals surface area (Å²) in [4.78, 5) is 18.0. The van der Waals surface area contributed by atoms with Gasteiger partial charge in [-0.3, -0.25) is 4.99 Å². The van der Waals surface area contributed by atoms with Gasteiger partial charge in [-0.05, 0) is 43.5 Å². The van der Waals surface area contributed by atoms with Gasteiger partial charge >= 0.3 is 5.97 Å². The summed E-state index contributed by atoms with van der Waals surface area (Å²) in [6, 6.07) is 8.78. The van der Waals surface area contributed by atoms with Crippen LogP contribution in [0.2, 0.25) is 0 Å². The van der Waals surface area contributed by atoms with E-state index in [1.807, 2.05) is 19.1 Å². The number of aryl methyl sites for hydroxylation is 1. The highest BCUT2D eigenvalue weighted by Gasteiger charge is 2.19. The lowest BCUT2D eigenvalue weighted by Crippen LogP contribution is -2.18. The summed E-state index contributed by atoms with van der Waals surface area (Å²) in [5.41, 5.74) is 3.52. The van der Waals surface area contributed by atoms with Crippen LogP contribution in [0.4, 0.5) is 11.4 Å². The Morgan fingerprint density at radius 3 is 2.44 bits per heavy atom. The van der Waals surface area contributed by atoms with Gasteiger partial charge in [0.05, 0.1) is 31.2 Å². The molecule has 1 aliphatic rings. The number of ether oxygens (including phenoxy) is 2. The smallest absolute Gasteiger partial charge is 0.335 e. The van der Waals surface area contributed by atoms with Crippen molar-refractivity contribution in [2.45, 2.75) is 19.8 Å². The van der Waals surface area contributed by atoms with Crippen LogP contribution in [-0.4, -0.2) is 44.6 Å². The summed E-state index contributed by atoms with van der Waals surface area (Å²) < 4.78 is 11.1. The Balaban J connectivity index is 1.98. The summed E-state index contributed by atoms with van der Waals surface area (Å²) in [5, 5.41) is 9.18. The Morgan fingerprint density at radius 2 is 1.81 bits per heavy atom. The molecule has 3 rings (SSSR count). The fraction of sp³-hybridized carbons (Fsp3) is 0.333. The topological polar surface area (TPSA) is 71.4 Å². The van der Waals surface area contributed by atoms with Crippen molar-refractivity contribution in [1.29, 1.82) is 0 Å². The first-order chi connectivity index (χ1) is 13.0. The Kier molecular flexibility index (Phi) is 5.64. The average molecular weight is 368 g/mol. The quantitative estimate of drug-likeness (QED) is 0.779. The minimum absolute atomic E-state index is 0.210. The van der Waals surface area contributed by atoms with Gasteiger partial charge in [0, 0.05) is 30.9 Å². The number of nitrogens with zero attached hydrogens (tertiary/aromatic N) is 2. The van der Waals surface area contributed by atoms with E-state index >= 15 is 0 Å². The van der Waals surface area contributed by atoms with Crippen molar-refractivity contribution in [1.82, 2.24) is 0 Å². The van der Waals surface area contributed by atoms with Crippen molar-refractivity contribution in [3.05, 3.63) is 47.0 Å². The lowest BCUT2D eigenvalue weighted by atomic mass is 10.1. The van der Waals surface area contributed by atoms with Crippen LogP contribution in [0.15, 0.2) is 35.3 Å². The average Bonchev–Trinajstić information content (AvgIpc) is 3.21. The number of rotatable bonds is 6. The van der Waals surface area contributed by atoms with E-state index in [-0.39, 0.29) is 5.56 Å². The Morgan fingerprint density at radius 1 is 1.11 bits per heavy atom. The molecule has 2 aromatic carbocycles. The molecule has 27 heavy (non-hydrogen) atoms. The molecule has 1 N–H and O–H groups in total. The number of carboxylic acid groups (broad SMARTS) is 1. The van der Waals surface area contributed by atoms with E-state index in [1.165, 1.54) is 12.8 Å². The molecule has 0 radical (unpaired) electrons. The minimum atomic E-state index is -0.972. The predicted molar refractivity (Wildman–Crippen MR) is 106 cm³/mol. The first kappa shape index (κ1) is 18.8. The van der Waals surface area contributed by atoms with Crippen LogP contribution in [-0.2, 0) is 0 Å². The highest BCUT2D eigenvalue weighted by atomic mass is 16.5. The van der Waals surface area contributed by atoms with E-state index in [1.54, 1.807) is 38.6 Å². The molecule has 0 bridgehead atoms. The molecule has 6 nitrogen and oxygen atoms in total. The third-order valence-corrected chi connectivity index (χ3v) is 4.78. The van der Waals surface area contributed by atoms with Gasteiger partial charge in [0.15, 0.2) is 0 Å². The number of anilines is 1. The van der Waals surface area contributed by atoms with E-state index in [9.17, 15) is 9.90 Å². The highest BCUT2D eigenvalue weighted by molar-refractivity contribution is 5.91. The normalized spacial score (nSPS) is 14.0. The Labute approximate surface area is 159 Å². The molecule has 0 saturated carbocycles. The lowest BCUT2D eigenvalue weighted by Gasteiger charge is -2.22. The van der Waals surface area contributed by atoms with Gasteiger partial charge in [-0.2, -0.15) is 0 Å². The number of hydrogen-bond donors (Lipinski definition) is 1. The van der Waals surface area contributed by atoms with Crippen molar-refractivity contribution in [2.75, 3.05) is 32.2 Å². The van der Waals surface area contributed by atoms with Gasteiger partial charge in [-0.25, -0.2) is 4.79 Å². The number of aliphatic imine (C=N–C) groups is 1. The van der Waals surface area contributed by atoms with Crippen molar-refractivity contribution in [3.63, 3.8) is 0 Å². The van der Waals surface area contributed by atoms with Crippen molar-refractivity contribution in [2.24, 2.45) is 4.99 Å². The maximum Gasteiger partial charge on any atom is 0.335 e. The summed E-state index contributed by atoms with van der Waals surface area (Å²) >= 11 is 0. The van der Waals surface area contributed by atoms with Gasteiger partial charge in [0.1, 0.15) is 11.5 Å². The van der Waals surface area contributed by atoms with Crippen molar-refractivity contribution < 1.29 is 19.4 Å². The highest BCUT2D eigenvalue weighted by Crippen LogP contribution is 2.36. The lowest BCUT2D eigenvalue weighted by molar-refractivity contribution is 0.0697. The summed E-state index contributed by atoms with van der Waals surface area (Å²) in [5.74, 6) is 0.504. The van der Waals surface area contributed by atoms with Crippen LogP contribution in [0.3, 0.4) is 0 Å². The second kappa shape index (κ2) is 8.12. The third-order valence-electron chi connectivity index (χ3n) is 4.78. The minimum Gasteiger partial charge on any atom is -0.496 e. The molecular weight excluding hydrogens is 344 g/mol. The van der Waals surface area contributed by atoms with Crippen LogP contribution in [0.1, 0.15) is 34.3 Å². The zero-order valence-electron chi connectivity index (χ0n) is 15.9. The predicted octanol–water partition coefficient (Wildman–Crippen LogP) is 4.06. The third kappa shape index (κ3) is 4.05. The molecular formula is C21H24N2O4. The van der Waals surface area contributed by atoms with Gasteiger partial charge in [0.2, 0.25) is 0 Å². The van der Waals surface area contributed by atoms with Crippen LogP contribution in [0.25, 0.3) is 0 Å². The molecule has 2 aromatic rings. The molecule has 1 heterocycles. The zero-order valence-corrected chi connectivity index (χ0v) is 15.9. The van der Waals surface area contributed by atoms with Crippen LogP contribution in [0, 0.1) is 6.92 Å². The SMILES string of the molecule is COc1cc(N2CCCC2)c(OC)cc1C=Nc1cc(C(=O)O)ccc1C. The maximum absolute atomic E-state index is 11.2. The number of aromatic carboxylic acids is 1. The molecule has 6 heteroatoms. The molecule has 142 valence electrons. The standard InChI is InChI=1S/C21H24N2O4/c1-14-6-7-15(21(24)25)10-17(14)22-13-16-11-20(27-3)18(12-19(16)26-2)23-8-4-5-9-23/h6-7,10-13H,4-5,8-9H2,1-3H3,(H,24,25). The van der Waals surface area contributed by atoms with E-state index in [2.05, 4.69) is 9.89 Å². The fourth-order valence-electron chi connectivity index (χ4n) is 3.23. The number of methoxy groups -OCH3 is 2. The molecule has 0 atom stereocenters. The monoisotopic (exact) mass is 368 g/mol. The van der Waals surface area contributed by atoms with E-state index < -0.39 is 5.97 Å². The summed E-state index contributed by atoms with van der Waals surface area (Å²) in [7, 11) is 3.28. The van der Waals surface area contributed by atoms with E-state index in [0.717, 1.165) is 35.7 Å². The van der Waals surface area contributed by atoms with Gasteiger partial charge in [0.25, 0.3) is 0 Å². The van der Waals surface area contributed by atoms with E-state index in [4.69, 9.17) is 9.47 Å². The molecule has 0 amide bonds. The van der Waals surface area contributed by atoms with Crippen LogP contribution in [0.5, 0.6) is 11.5 Å². The second-order valence-electron chi connectivity index (χ2n) is 6.52. The van der Waals surface area contributed by atoms with Crippen molar-refractivity contribution in [3.8, 4) is 11.5 Å². The molecule has 1 aliphatic heterocycles. The first-order valence-electron chi connectivity index (χ1n) is 8.92. The summed E-state index contributed by atoms with van der Waals surface area (Å²) in [6.07, 6.45) is 4.03. The van der Waals surface area contributed by atoms with Crippen molar-refractivity contribution >= 4 is 23.6 Å². The van der Waals surface area contributed by atoms with Crippen LogP contribution >= 0.6 is 0 Å². The zero-order chi connectivity index (χ0) is 19.4. The molecule has 0 unspecified atom stereocenters. The van der Waals surface area contributed by atoms with Gasteiger partial charge < -0.3 is 19.5 Å². The Bertz CT molecular complexity index is 871. The maximum atomic E-state index is 11.2. The molecule has 1 fully saturated rings. The fourth-order valence-corrected chi connectivity index (χ4v) is 3.23. The first-order valence-corrected chi connectivity index (χ1v) is 8.92. The Hall–Kier alpha value is -3.02. The van der Waals surface area contributed by atoms with Gasteiger partial charge in [-0.15, -0.1) is 0 Å². The number of carboxylic acids is 1. The summed E-state index contributed by atoms with van der Waals surface area (Å²) in [6.45, 7) is 3.91. The molecule has 0 aliphatic carbocycles. The number of carbonyl (C=O) groups is 1. The van der Waals surface area contributed by atoms with Gasteiger partial charge in [-0.1, -0.05) is 6.07 Å². The molecule has 0 spiro atoms. The number of benzene rings is 2. The molecule has 0 aromatic heterocycles. The molecule has 1 saturated heterocycles. The van der Waals surface area contributed by atoms with Crippen LogP contribution < -0.4 is 14.4 Å². The second-order valence-corrected chi connectivity index (χ2v) is 6.52. The number of hydrogen-bond acceptors (Lipinski definition) is 5. The largest absolute Gasteiger partial charge is 0.496 e.